The number of hydrogen-bond acceptors (Lipinski definition) is 4. The molecule has 7 aromatic carbocycles. The third-order valence-electron chi connectivity index (χ3n) is 8.70. The van der Waals surface area contributed by atoms with Crippen LogP contribution in [0.2, 0.25) is 0 Å². The first-order valence-electron chi connectivity index (χ1n) is 15.7. The monoisotopic (exact) mass is 604 g/mol. The van der Waals surface area contributed by atoms with Gasteiger partial charge in [-0.25, -0.2) is 4.98 Å². The van der Waals surface area contributed by atoms with Gasteiger partial charge in [-0.2, -0.15) is 0 Å². The second-order valence-corrected chi connectivity index (χ2v) is 11.6. The average molecular weight is 605 g/mol. The highest BCUT2D eigenvalue weighted by molar-refractivity contribution is 6.16. The molecule has 2 heterocycles. The topological polar surface area (TPSA) is 42.4 Å². The summed E-state index contributed by atoms with van der Waals surface area (Å²) in [6.45, 7) is 0. The lowest BCUT2D eigenvalue weighted by atomic mass is 10.00. The molecule has 0 bridgehead atoms. The van der Waals surface area contributed by atoms with E-state index in [0.29, 0.717) is 11.5 Å². The summed E-state index contributed by atoms with van der Waals surface area (Å²) in [5.74, 6) is 0.588. The molecule has 222 valence electrons. The Labute approximate surface area is 271 Å². The van der Waals surface area contributed by atoms with Crippen LogP contribution in [-0.4, -0.2) is 4.98 Å². The van der Waals surface area contributed by atoms with Gasteiger partial charge in [0.25, 0.3) is 0 Å². The fourth-order valence-electron chi connectivity index (χ4n) is 6.44. The van der Waals surface area contributed by atoms with Gasteiger partial charge in [-0.05, 0) is 77.4 Å². The molecule has 0 aliphatic carbocycles. The highest BCUT2D eigenvalue weighted by Crippen LogP contribution is 2.43. The van der Waals surface area contributed by atoms with Crippen molar-refractivity contribution in [1.82, 2.24) is 4.98 Å². The van der Waals surface area contributed by atoms with E-state index < -0.39 is 0 Å². The van der Waals surface area contributed by atoms with E-state index >= 15 is 0 Å². The summed E-state index contributed by atoms with van der Waals surface area (Å²) in [6.07, 6.45) is 0. The van der Waals surface area contributed by atoms with Gasteiger partial charge in [0, 0.05) is 33.4 Å². The maximum Gasteiger partial charge on any atom is 0.227 e. The largest absolute Gasteiger partial charge is 0.455 e. The van der Waals surface area contributed by atoms with E-state index in [2.05, 4.69) is 114 Å². The fourth-order valence-corrected chi connectivity index (χ4v) is 6.44. The Morgan fingerprint density at radius 1 is 0.404 bits per heavy atom. The number of anilines is 3. The van der Waals surface area contributed by atoms with Crippen LogP contribution in [0.1, 0.15) is 0 Å². The number of rotatable bonds is 6. The first-order chi connectivity index (χ1) is 23.3. The van der Waals surface area contributed by atoms with Crippen LogP contribution in [0, 0.1) is 0 Å². The Morgan fingerprint density at radius 3 is 1.62 bits per heavy atom. The quantitative estimate of drug-likeness (QED) is 0.189. The zero-order valence-electron chi connectivity index (χ0n) is 25.4. The Hall–Kier alpha value is -6.39. The fraction of sp³-hybridized carbons (Fsp3) is 0. The van der Waals surface area contributed by atoms with E-state index in [1.165, 1.54) is 11.1 Å². The van der Waals surface area contributed by atoms with Crippen molar-refractivity contribution in [3.63, 3.8) is 0 Å². The Balaban J connectivity index is 1.19. The second kappa shape index (κ2) is 11.2. The average Bonchev–Trinajstić information content (AvgIpc) is 3.74. The lowest BCUT2D eigenvalue weighted by Gasteiger charge is -2.26. The summed E-state index contributed by atoms with van der Waals surface area (Å²) in [5.41, 5.74) is 11.5. The van der Waals surface area contributed by atoms with Gasteiger partial charge < -0.3 is 13.7 Å². The van der Waals surface area contributed by atoms with Crippen molar-refractivity contribution < 1.29 is 8.83 Å². The van der Waals surface area contributed by atoms with E-state index in [9.17, 15) is 0 Å². The molecule has 0 fully saturated rings. The number of para-hydroxylation sites is 2. The minimum absolute atomic E-state index is 0.588. The van der Waals surface area contributed by atoms with E-state index in [4.69, 9.17) is 13.8 Å². The van der Waals surface area contributed by atoms with E-state index in [1.54, 1.807) is 0 Å². The third-order valence-corrected chi connectivity index (χ3v) is 8.70. The normalized spacial score (nSPS) is 11.4. The molecule has 9 aromatic rings. The molecule has 0 spiro atoms. The number of fused-ring (bicyclic) bond motifs is 4. The van der Waals surface area contributed by atoms with Gasteiger partial charge in [-0.15, -0.1) is 0 Å². The van der Waals surface area contributed by atoms with Crippen molar-refractivity contribution in [1.29, 1.82) is 0 Å². The van der Waals surface area contributed by atoms with Gasteiger partial charge in [-0.1, -0.05) is 109 Å². The van der Waals surface area contributed by atoms with Crippen LogP contribution in [-0.2, 0) is 0 Å². The summed E-state index contributed by atoms with van der Waals surface area (Å²) in [6, 6.07) is 58.5. The van der Waals surface area contributed by atoms with Crippen molar-refractivity contribution in [3.8, 4) is 33.7 Å². The number of oxazole rings is 1. The minimum atomic E-state index is 0.588. The van der Waals surface area contributed by atoms with Crippen LogP contribution in [0.3, 0.4) is 0 Å². The number of furan rings is 1. The molecule has 4 heteroatoms. The number of benzene rings is 7. The van der Waals surface area contributed by atoms with Crippen molar-refractivity contribution >= 4 is 50.1 Å². The molecule has 0 saturated carbocycles. The van der Waals surface area contributed by atoms with Crippen molar-refractivity contribution in [2.75, 3.05) is 4.90 Å². The molecule has 0 unspecified atom stereocenters. The molecular formula is C43H28N2O2. The van der Waals surface area contributed by atoms with Gasteiger partial charge in [0.15, 0.2) is 5.58 Å². The first kappa shape index (κ1) is 27.0. The smallest absolute Gasteiger partial charge is 0.227 e. The van der Waals surface area contributed by atoms with Crippen molar-refractivity contribution in [2.45, 2.75) is 0 Å². The number of hydrogen-bond donors (Lipinski definition) is 0. The summed E-state index contributed by atoms with van der Waals surface area (Å²) >= 11 is 0. The first-order valence-corrected chi connectivity index (χ1v) is 15.7. The molecule has 0 aliphatic heterocycles. The maximum absolute atomic E-state index is 6.53. The molecule has 47 heavy (non-hydrogen) atoms. The highest BCUT2D eigenvalue weighted by atomic mass is 16.4. The summed E-state index contributed by atoms with van der Waals surface area (Å²) in [5, 5.41) is 2.07. The Bertz CT molecular complexity index is 2480. The summed E-state index contributed by atoms with van der Waals surface area (Å²) in [7, 11) is 0. The molecule has 0 atom stereocenters. The lowest BCUT2D eigenvalue weighted by Crippen LogP contribution is -2.09. The van der Waals surface area contributed by atoms with E-state index in [0.717, 1.165) is 61.2 Å². The van der Waals surface area contributed by atoms with Gasteiger partial charge in [0.2, 0.25) is 5.89 Å². The molecule has 0 amide bonds. The Kier molecular flexibility index (Phi) is 6.43. The lowest BCUT2D eigenvalue weighted by molar-refractivity contribution is 0.619. The van der Waals surface area contributed by atoms with Crippen LogP contribution >= 0.6 is 0 Å². The summed E-state index contributed by atoms with van der Waals surface area (Å²) in [4.78, 5) is 7.22. The number of aromatic nitrogens is 1. The molecular weight excluding hydrogens is 576 g/mol. The molecule has 2 aromatic heterocycles. The SMILES string of the molecule is c1ccc(-c2ccc(N(c3ccccc3)c3ccc(-c4c5oc(-c6ccccc6)nc5cc5c4oc4ccccc45)cc3)cc2)cc1. The molecule has 0 saturated heterocycles. The van der Waals surface area contributed by atoms with Gasteiger partial charge in [-0.3, -0.25) is 0 Å². The highest BCUT2D eigenvalue weighted by Gasteiger charge is 2.22. The molecule has 4 nitrogen and oxygen atoms in total. The van der Waals surface area contributed by atoms with Crippen molar-refractivity contribution in [2.24, 2.45) is 0 Å². The van der Waals surface area contributed by atoms with E-state index in [-0.39, 0.29) is 0 Å². The Morgan fingerprint density at radius 2 is 0.936 bits per heavy atom. The maximum atomic E-state index is 6.53. The molecule has 0 N–H and O–H groups in total. The van der Waals surface area contributed by atoms with Crippen LogP contribution in [0.15, 0.2) is 179 Å². The molecule has 0 aliphatic rings. The zero-order valence-corrected chi connectivity index (χ0v) is 25.4. The predicted octanol–water partition coefficient (Wildman–Crippen LogP) is 12.2. The van der Waals surface area contributed by atoms with Crippen LogP contribution in [0.25, 0.3) is 66.7 Å². The standard InChI is InChI=1S/C43H28N2O2/c1-4-12-29(13-5-1)30-20-24-34(25-21-30)45(33-16-8-3-9-17-33)35-26-22-31(23-27-35)40-41-37(36-18-10-11-19-39(36)46-41)28-38-42(40)47-43(44-38)32-14-6-2-7-15-32/h1-28H. The van der Waals surface area contributed by atoms with Gasteiger partial charge in [0.1, 0.15) is 16.7 Å². The van der Waals surface area contributed by atoms with Gasteiger partial charge in [0.05, 0.1) is 5.56 Å². The minimum Gasteiger partial charge on any atom is -0.455 e. The van der Waals surface area contributed by atoms with Crippen LogP contribution in [0.4, 0.5) is 17.1 Å². The number of nitrogens with zero attached hydrogens (tertiary/aromatic N) is 2. The second-order valence-electron chi connectivity index (χ2n) is 11.6. The third kappa shape index (κ3) is 4.75. The van der Waals surface area contributed by atoms with Crippen LogP contribution < -0.4 is 4.90 Å². The molecule has 9 rings (SSSR count). The van der Waals surface area contributed by atoms with E-state index in [1.807, 2.05) is 60.7 Å². The van der Waals surface area contributed by atoms with Crippen LogP contribution in [0.5, 0.6) is 0 Å². The predicted molar refractivity (Wildman–Crippen MR) is 192 cm³/mol. The summed E-state index contributed by atoms with van der Waals surface area (Å²) < 4.78 is 13.1. The van der Waals surface area contributed by atoms with Gasteiger partial charge >= 0.3 is 0 Å². The zero-order chi connectivity index (χ0) is 31.2. The molecule has 0 radical (unpaired) electrons. The van der Waals surface area contributed by atoms with Crippen molar-refractivity contribution in [3.05, 3.63) is 170 Å².